The smallest absolute Gasteiger partial charge is 0.330 e. The number of benzene rings is 1. The molecule has 0 unspecified atom stereocenters. The lowest BCUT2D eigenvalue weighted by atomic mass is 10.1. The second kappa shape index (κ2) is 6.18. The van der Waals surface area contributed by atoms with E-state index >= 15 is 0 Å². The Morgan fingerprint density at radius 2 is 2.05 bits per heavy atom. The fraction of sp³-hybridized carbons (Fsp3) is 0.357. The van der Waals surface area contributed by atoms with E-state index in [1.807, 2.05) is 4.90 Å². The molecule has 0 atom stereocenters. The lowest BCUT2D eigenvalue weighted by Crippen LogP contribution is -2.38. The first-order valence-electron chi connectivity index (χ1n) is 6.43. The summed E-state index contributed by atoms with van der Waals surface area (Å²) in [7, 11) is 0. The fourth-order valence-electron chi connectivity index (χ4n) is 2.31. The molecule has 1 fully saturated rings. The number of carbonyl (C=O) groups excluding carboxylic acids is 1. The molecule has 0 aromatic heterocycles. The summed E-state index contributed by atoms with van der Waals surface area (Å²) in [5, 5.41) is 11.0. The number of nitro groups is 1. The van der Waals surface area contributed by atoms with E-state index in [-0.39, 0.29) is 16.7 Å². The molecule has 0 bridgehead atoms. The third-order valence-electron chi connectivity index (χ3n) is 3.31. The Morgan fingerprint density at radius 1 is 1.40 bits per heavy atom. The van der Waals surface area contributed by atoms with Gasteiger partial charge >= 0.3 is 5.97 Å². The van der Waals surface area contributed by atoms with E-state index in [1.54, 1.807) is 18.2 Å². The van der Waals surface area contributed by atoms with Crippen molar-refractivity contribution < 1.29 is 14.5 Å². The van der Waals surface area contributed by atoms with Crippen molar-refractivity contribution in [2.45, 2.75) is 18.9 Å². The van der Waals surface area contributed by atoms with Crippen LogP contribution in [0, 0.1) is 10.1 Å². The molecule has 6 heteroatoms. The molecule has 20 heavy (non-hydrogen) atoms. The second-order valence-corrected chi connectivity index (χ2v) is 4.57. The van der Waals surface area contributed by atoms with Crippen LogP contribution in [-0.2, 0) is 9.53 Å². The molecule has 1 saturated heterocycles. The third kappa shape index (κ3) is 3.14. The van der Waals surface area contributed by atoms with E-state index in [2.05, 4.69) is 6.58 Å². The number of ether oxygens (including phenoxy) is 1. The van der Waals surface area contributed by atoms with Crippen molar-refractivity contribution in [1.29, 1.82) is 0 Å². The molecule has 1 aromatic rings. The summed E-state index contributed by atoms with van der Waals surface area (Å²) in [6.07, 6.45) is 2.32. The average Bonchev–Trinajstić information content (AvgIpc) is 2.48. The normalized spacial score (nSPS) is 15.7. The minimum absolute atomic E-state index is 0.106. The molecule has 2 rings (SSSR count). The fourth-order valence-corrected chi connectivity index (χ4v) is 2.31. The van der Waals surface area contributed by atoms with Gasteiger partial charge in [0.05, 0.1) is 4.92 Å². The standard InChI is InChI=1S/C14H16N2O4/c1-2-14(17)20-11-7-9-15(10-8-11)12-5-3-4-6-13(12)16(18)19/h2-6,11H,1,7-10H2. The van der Waals surface area contributed by atoms with Gasteiger partial charge in [-0.2, -0.15) is 0 Å². The zero-order chi connectivity index (χ0) is 14.5. The van der Waals surface area contributed by atoms with Crippen molar-refractivity contribution in [2.24, 2.45) is 0 Å². The molecule has 106 valence electrons. The molecule has 0 amide bonds. The largest absolute Gasteiger partial charge is 0.459 e. The molecule has 6 nitrogen and oxygen atoms in total. The summed E-state index contributed by atoms with van der Waals surface area (Å²) in [6.45, 7) is 4.61. The summed E-state index contributed by atoms with van der Waals surface area (Å²) in [6, 6.07) is 6.68. The van der Waals surface area contributed by atoms with E-state index in [0.717, 1.165) is 6.08 Å². The number of carbonyl (C=O) groups is 1. The van der Waals surface area contributed by atoms with Gasteiger partial charge in [0, 0.05) is 38.1 Å². The van der Waals surface area contributed by atoms with Gasteiger partial charge in [0.25, 0.3) is 5.69 Å². The Balaban J connectivity index is 2.02. The van der Waals surface area contributed by atoms with Crippen LogP contribution in [0.4, 0.5) is 11.4 Å². The number of anilines is 1. The zero-order valence-corrected chi connectivity index (χ0v) is 11.0. The number of esters is 1. The molecule has 0 aliphatic carbocycles. The quantitative estimate of drug-likeness (QED) is 0.365. The van der Waals surface area contributed by atoms with Crippen LogP contribution in [0.15, 0.2) is 36.9 Å². The number of hydrogen-bond donors (Lipinski definition) is 0. The lowest BCUT2D eigenvalue weighted by Gasteiger charge is -2.32. The number of piperidine rings is 1. The molecule has 1 aliphatic heterocycles. The van der Waals surface area contributed by atoms with Gasteiger partial charge in [0.15, 0.2) is 0 Å². The van der Waals surface area contributed by atoms with Crippen LogP contribution in [0.25, 0.3) is 0 Å². The van der Waals surface area contributed by atoms with Gasteiger partial charge < -0.3 is 9.64 Å². The predicted octanol–water partition coefficient (Wildman–Crippen LogP) is 2.29. The molecular weight excluding hydrogens is 260 g/mol. The summed E-state index contributed by atoms with van der Waals surface area (Å²) >= 11 is 0. The minimum atomic E-state index is -0.422. The predicted molar refractivity (Wildman–Crippen MR) is 74.6 cm³/mol. The Bertz CT molecular complexity index is 522. The minimum Gasteiger partial charge on any atom is -0.459 e. The topological polar surface area (TPSA) is 72.7 Å². The first kappa shape index (κ1) is 14.0. The van der Waals surface area contributed by atoms with Gasteiger partial charge in [-0.1, -0.05) is 18.7 Å². The van der Waals surface area contributed by atoms with Crippen molar-refractivity contribution >= 4 is 17.3 Å². The molecule has 1 heterocycles. The average molecular weight is 276 g/mol. The van der Waals surface area contributed by atoms with Gasteiger partial charge in [-0.25, -0.2) is 4.79 Å². The maximum atomic E-state index is 11.1. The van der Waals surface area contributed by atoms with Crippen molar-refractivity contribution in [2.75, 3.05) is 18.0 Å². The van der Waals surface area contributed by atoms with Crippen LogP contribution in [0.2, 0.25) is 0 Å². The van der Waals surface area contributed by atoms with Crippen LogP contribution in [0.1, 0.15) is 12.8 Å². The molecule has 0 saturated carbocycles. The van der Waals surface area contributed by atoms with E-state index in [4.69, 9.17) is 4.74 Å². The van der Waals surface area contributed by atoms with Crippen LogP contribution < -0.4 is 4.90 Å². The van der Waals surface area contributed by atoms with Gasteiger partial charge in [-0.15, -0.1) is 0 Å². The number of rotatable bonds is 4. The summed E-state index contributed by atoms with van der Waals surface area (Å²) in [5.41, 5.74) is 0.722. The lowest BCUT2D eigenvalue weighted by molar-refractivity contribution is -0.384. The van der Waals surface area contributed by atoms with Crippen molar-refractivity contribution in [3.8, 4) is 0 Å². The number of para-hydroxylation sites is 2. The summed E-state index contributed by atoms with van der Waals surface area (Å²) in [4.78, 5) is 23.7. The van der Waals surface area contributed by atoms with Crippen LogP contribution in [0.3, 0.4) is 0 Å². The van der Waals surface area contributed by atoms with Gasteiger partial charge in [-0.05, 0) is 6.07 Å². The van der Waals surface area contributed by atoms with Gasteiger partial charge in [-0.3, -0.25) is 10.1 Å². The van der Waals surface area contributed by atoms with E-state index in [0.29, 0.717) is 31.6 Å². The highest BCUT2D eigenvalue weighted by atomic mass is 16.6. The first-order chi connectivity index (χ1) is 9.61. The Hall–Kier alpha value is -2.37. The van der Waals surface area contributed by atoms with Crippen molar-refractivity contribution in [3.63, 3.8) is 0 Å². The molecule has 0 spiro atoms. The van der Waals surface area contributed by atoms with Crippen molar-refractivity contribution in [3.05, 3.63) is 47.0 Å². The maximum absolute atomic E-state index is 11.1. The molecule has 0 N–H and O–H groups in total. The molecular formula is C14H16N2O4. The molecule has 0 radical (unpaired) electrons. The number of hydrogen-bond acceptors (Lipinski definition) is 5. The second-order valence-electron chi connectivity index (χ2n) is 4.57. The van der Waals surface area contributed by atoms with Crippen LogP contribution >= 0.6 is 0 Å². The summed E-state index contributed by atoms with van der Waals surface area (Å²) < 4.78 is 5.18. The zero-order valence-electron chi connectivity index (χ0n) is 11.0. The first-order valence-corrected chi connectivity index (χ1v) is 6.43. The van der Waals surface area contributed by atoms with Gasteiger partial charge in [0.1, 0.15) is 11.8 Å². The maximum Gasteiger partial charge on any atom is 0.330 e. The van der Waals surface area contributed by atoms with Crippen LogP contribution in [0.5, 0.6) is 0 Å². The Labute approximate surface area is 116 Å². The highest BCUT2D eigenvalue weighted by Crippen LogP contribution is 2.30. The van der Waals surface area contributed by atoms with E-state index in [1.165, 1.54) is 6.07 Å². The highest BCUT2D eigenvalue weighted by molar-refractivity contribution is 5.81. The monoisotopic (exact) mass is 276 g/mol. The van der Waals surface area contributed by atoms with E-state index < -0.39 is 5.97 Å². The third-order valence-corrected chi connectivity index (χ3v) is 3.31. The SMILES string of the molecule is C=CC(=O)OC1CCN(c2ccccc2[N+](=O)[O-])CC1. The molecule has 1 aliphatic rings. The number of nitro benzene ring substituents is 1. The highest BCUT2D eigenvalue weighted by Gasteiger charge is 2.25. The summed E-state index contributed by atoms with van der Waals surface area (Å²) in [5.74, 6) is -0.422. The Kier molecular flexibility index (Phi) is 4.34. The Morgan fingerprint density at radius 3 is 2.65 bits per heavy atom. The van der Waals surface area contributed by atoms with Crippen LogP contribution in [-0.4, -0.2) is 30.1 Å². The number of nitrogens with zero attached hydrogens (tertiary/aromatic N) is 2. The molecule has 1 aromatic carbocycles. The van der Waals surface area contributed by atoms with Crippen molar-refractivity contribution in [1.82, 2.24) is 0 Å². The van der Waals surface area contributed by atoms with Gasteiger partial charge in [0.2, 0.25) is 0 Å². The van der Waals surface area contributed by atoms with E-state index in [9.17, 15) is 14.9 Å².